The largest absolute Gasteiger partial charge is 0.458 e. The van der Waals surface area contributed by atoms with Crippen molar-refractivity contribution in [2.45, 2.75) is 51.0 Å². The predicted molar refractivity (Wildman–Crippen MR) is 131 cm³/mol. The van der Waals surface area contributed by atoms with Gasteiger partial charge in [0, 0.05) is 16.8 Å². The first-order valence-corrected chi connectivity index (χ1v) is 12.4. The van der Waals surface area contributed by atoms with E-state index < -0.39 is 11.9 Å². The summed E-state index contributed by atoms with van der Waals surface area (Å²) >= 11 is 7.33. The number of hydrogen-bond donors (Lipinski definition) is 2. The van der Waals surface area contributed by atoms with Crippen molar-refractivity contribution in [2.75, 3.05) is 12.4 Å². The van der Waals surface area contributed by atoms with Crippen molar-refractivity contribution in [2.24, 2.45) is 0 Å². The number of allylic oxidation sites excluding steroid dienone is 2. The average molecular weight is 486 g/mol. The van der Waals surface area contributed by atoms with Crippen molar-refractivity contribution in [1.82, 2.24) is 10.6 Å². The molecule has 0 spiro atoms. The first kappa shape index (κ1) is 24.9. The topological polar surface area (TPSA) is 91.2 Å². The predicted octanol–water partition coefficient (Wildman–Crippen LogP) is 4.95. The number of amides is 1. The molecule has 0 bridgehead atoms. The molecular weight excluding hydrogens is 458 g/mol. The van der Waals surface area contributed by atoms with Crippen molar-refractivity contribution >= 4 is 35.2 Å². The van der Waals surface area contributed by atoms with Gasteiger partial charge < -0.3 is 15.4 Å². The van der Waals surface area contributed by atoms with Crippen LogP contribution in [0.1, 0.15) is 50.5 Å². The number of halogens is 1. The molecule has 0 saturated heterocycles. The molecule has 1 heterocycles. The molecule has 0 unspecified atom stereocenters. The first-order chi connectivity index (χ1) is 15.9. The van der Waals surface area contributed by atoms with Crippen LogP contribution in [0.4, 0.5) is 0 Å². The number of thioether (sulfide) groups is 1. The molecule has 6 nitrogen and oxygen atoms in total. The Morgan fingerprint density at radius 2 is 2.00 bits per heavy atom. The van der Waals surface area contributed by atoms with E-state index in [1.807, 2.05) is 0 Å². The van der Waals surface area contributed by atoms with Crippen molar-refractivity contribution < 1.29 is 14.3 Å². The van der Waals surface area contributed by atoms with Gasteiger partial charge in [-0.1, -0.05) is 67.4 Å². The van der Waals surface area contributed by atoms with Crippen LogP contribution in [-0.4, -0.2) is 30.3 Å². The Hall–Kier alpha value is -2.69. The number of ether oxygens (including phenoxy) is 1. The number of carbonyl (C=O) groups is 2. The standard InChI is InChI=1S/C25H28ClN3O3S/c1-3-13-32-25(31)22-16(2)28-24(33-15-21(30)29-19-7-5-4-6-8-19)20(14-27)23(22)17-9-11-18(26)12-10-17/h3,9-12,19,23,28H,1,4-8,13,15H2,2H3,(H,29,30)/t23-/m0/s1. The van der Waals surface area contributed by atoms with Gasteiger partial charge in [0.2, 0.25) is 5.91 Å². The monoisotopic (exact) mass is 485 g/mol. The fourth-order valence-electron chi connectivity index (χ4n) is 4.15. The van der Waals surface area contributed by atoms with E-state index in [2.05, 4.69) is 23.3 Å². The molecule has 33 heavy (non-hydrogen) atoms. The maximum absolute atomic E-state index is 12.9. The summed E-state index contributed by atoms with van der Waals surface area (Å²) in [6.07, 6.45) is 7.02. The molecule has 1 aliphatic carbocycles. The van der Waals surface area contributed by atoms with E-state index in [0.29, 0.717) is 26.9 Å². The average Bonchev–Trinajstić information content (AvgIpc) is 2.82. The van der Waals surface area contributed by atoms with Gasteiger partial charge in [0.25, 0.3) is 0 Å². The van der Waals surface area contributed by atoms with E-state index in [1.165, 1.54) is 24.3 Å². The van der Waals surface area contributed by atoms with Gasteiger partial charge in [-0.05, 0) is 37.5 Å². The van der Waals surface area contributed by atoms with E-state index >= 15 is 0 Å². The minimum atomic E-state index is -0.630. The van der Waals surface area contributed by atoms with Crippen molar-refractivity contribution in [3.63, 3.8) is 0 Å². The Balaban J connectivity index is 1.85. The number of esters is 1. The molecule has 3 rings (SSSR count). The quantitative estimate of drug-likeness (QED) is 0.400. The fourth-order valence-corrected chi connectivity index (χ4v) is 5.18. The van der Waals surface area contributed by atoms with Crippen LogP contribution >= 0.6 is 23.4 Å². The summed E-state index contributed by atoms with van der Waals surface area (Å²) in [6, 6.07) is 9.51. The lowest BCUT2D eigenvalue weighted by Crippen LogP contribution is -2.37. The van der Waals surface area contributed by atoms with Crippen LogP contribution in [0.5, 0.6) is 0 Å². The molecule has 1 saturated carbocycles. The van der Waals surface area contributed by atoms with Crippen LogP contribution in [0.25, 0.3) is 0 Å². The second-order valence-electron chi connectivity index (χ2n) is 8.08. The van der Waals surface area contributed by atoms with Crippen molar-refractivity contribution in [1.29, 1.82) is 5.26 Å². The van der Waals surface area contributed by atoms with E-state index in [0.717, 1.165) is 31.2 Å². The molecule has 2 N–H and O–H groups in total. The molecule has 1 atom stereocenters. The Kier molecular flexibility index (Phi) is 9.04. The smallest absolute Gasteiger partial charge is 0.337 e. The minimum absolute atomic E-state index is 0.0562. The maximum Gasteiger partial charge on any atom is 0.337 e. The highest BCUT2D eigenvalue weighted by atomic mass is 35.5. The van der Waals surface area contributed by atoms with E-state index in [9.17, 15) is 14.9 Å². The highest BCUT2D eigenvalue weighted by Gasteiger charge is 2.35. The van der Waals surface area contributed by atoms with Crippen molar-refractivity contribution in [3.8, 4) is 6.07 Å². The number of benzene rings is 1. The van der Waals surface area contributed by atoms with Gasteiger partial charge in [0.1, 0.15) is 6.61 Å². The lowest BCUT2D eigenvalue weighted by Gasteiger charge is -2.29. The lowest BCUT2D eigenvalue weighted by atomic mass is 9.82. The van der Waals surface area contributed by atoms with E-state index in [-0.39, 0.29) is 24.3 Å². The van der Waals surface area contributed by atoms with Gasteiger partial charge in [-0.2, -0.15) is 5.26 Å². The highest BCUT2D eigenvalue weighted by Crippen LogP contribution is 2.41. The normalized spacial score (nSPS) is 18.9. The first-order valence-electron chi connectivity index (χ1n) is 11.0. The SMILES string of the molecule is C=CCOC(=O)C1=C(C)NC(SCC(=O)NC2CCCCC2)=C(C#N)[C@@H]1c1ccc(Cl)cc1. The lowest BCUT2D eigenvalue weighted by molar-refractivity contribution is -0.138. The zero-order valence-corrected chi connectivity index (χ0v) is 20.2. The summed E-state index contributed by atoms with van der Waals surface area (Å²) in [5.41, 5.74) is 2.04. The molecule has 1 aromatic rings. The summed E-state index contributed by atoms with van der Waals surface area (Å²) in [4.78, 5) is 25.4. The molecule has 0 aromatic heterocycles. The maximum atomic E-state index is 12.9. The minimum Gasteiger partial charge on any atom is -0.458 e. The van der Waals surface area contributed by atoms with Gasteiger partial charge in [-0.25, -0.2) is 4.79 Å². The van der Waals surface area contributed by atoms with Gasteiger partial charge >= 0.3 is 5.97 Å². The van der Waals surface area contributed by atoms with Gasteiger partial charge in [0.05, 0.1) is 33.9 Å². The third-order valence-corrected chi connectivity index (χ3v) is 6.99. The van der Waals surface area contributed by atoms with E-state index in [1.54, 1.807) is 31.2 Å². The summed E-state index contributed by atoms with van der Waals surface area (Å²) < 4.78 is 5.30. The molecule has 2 aliphatic rings. The summed E-state index contributed by atoms with van der Waals surface area (Å²) in [6.45, 7) is 5.42. The van der Waals surface area contributed by atoms with Crippen molar-refractivity contribution in [3.05, 3.63) is 69.4 Å². The summed E-state index contributed by atoms with van der Waals surface area (Å²) in [5, 5.41) is 17.4. The van der Waals surface area contributed by atoms with Crippen LogP contribution in [0.15, 0.2) is 58.8 Å². The number of hydrogen-bond acceptors (Lipinski definition) is 6. The third-order valence-electron chi connectivity index (χ3n) is 5.72. The van der Waals surface area contributed by atoms with Gasteiger partial charge in [0.15, 0.2) is 0 Å². The molecule has 1 aliphatic heterocycles. The van der Waals surface area contributed by atoms with Crippen LogP contribution in [0, 0.1) is 11.3 Å². The molecule has 1 amide bonds. The van der Waals surface area contributed by atoms with Gasteiger partial charge in [-0.3, -0.25) is 4.79 Å². The van der Waals surface area contributed by atoms with E-state index in [4.69, 9.17) is 16.3 Å². The Bertz CT molecular complexity index is 1000. The number of nitrogens with zero attached hydrogens (tertiary/aromatic N) is 1. The zero-order chi connectivity index (χ0) is 23.8. The number of dihydropyridines is 1. The number of nitriles is 1. The van der Waals surface area contributed by atoms with Crippen LogP contribution in [0.2, 0.25) is 5.02 Å². The Morgan fingerprint density at radius 3 is 2.64 bits per heavy atom. The Labute approximate surface area is 204 Å². The molecule has 0 radical (unpaired) electrons. The second-order valence-corrected chi connectivity index (χ2v) is 9.50. The van der Waals surface area contributed by atoms with Crippen LogP contribution in [-0.2, 0) is 14.3 Å². The fraction of sp³-hybridized carbons (Fsp3) is 0.400. The molecule has 1 aromatic carbocycles. The van der Waals surface area contributed by atoms with Crippen LogP contribution < -0.4 is 10.6 Å². The number of carbonyl (C=O) groups excluding carboxylic acids is 2. The summed E-state index contributed by atoms with van der Waals surface area (Å²) in [7, 11) is 0. The molecule has 8 heteroatoms. The Morgan fingerprint density at radius 1 is 1.30 bits per heavy atom. The molecule has 174 valence electrons. The second kappa shape index (κ2) is 12.0. The zero-order valence-electron chi connectivity index (χ0n) is 18.7. The van der Waals surface area contributed by atoms with Crippen LogP contribution in [0.3, 0.4) is 0 Å². The summed E-state index contributed by atoms with van der Waals surface area (Å²) in [5.74, 6) is -1.03. The van der Waals surface area contributed by atoms with Gasteiger partial charge in [-0.15, -0.1) is 0 Å². The third kappa shape index (κ3) is 6.43. The number of nitrogens with one attached hydrogen (secondary N) is 2. The molecule has 1 fully saturated rings. The molecular formula is C25H28ClN3O3S. The number of rotatable bonds is 8. The highest BCUT2D eigenvalue weighted by molar-refractivity contribution is 8.03.